The summed E-state index contributed by atoms with van der Waals surface area (Å²) in [5, 5.41) is 0. The minimum atomic E-state index is -0.415. The second-order valence-corrected chi connectivity index (χ2v) is 5.53. The van der Waals surface area contributed by atoms with Crippen molar-refractivity contribution in [2.75, 3.05) is 0 Å². The van der Waals surface area contributed by atoms with Gasteiger partial charge in [-0.3, -0.25) is 4.98 Å². The number of aromatic amines is 1. The first-order valence-corrected chi connectivity index (χ1v) is 6.95. The molecule has 2 aromatic carbocycles. The van der Waals surface area contributed by atoms with E-state index in [1.165, 1.54) is 5.56 Å². The summed E-state index contributed by atoms with van der Waals surface area (Å²) in [6, 6.07) is 16.0. The van der Waals surface area contributed by atoms with Gasteiger partial charge in [0.15, 0.2) is 5.58 Å². The maximum absolute atomic E-state index is 11.1. The van der Waals surface area contributed by atoms with Crippen molar-refractivity contribution in [1.29, 1.82) is 0 Å². The molecule has 3 nitrogen and oxygen atoms in total. The number of nitrogens with one attached hydrogen (secondary N) is 1. The fraction of sp³-hybridized carbons (Fsp3) is 0.133. The van der Waals surface area contributed by atoms with Gasteiger partial charge in [0.25, 0.3) is 0 Å². The van der Waals surface area contributed by atoms with E-state index in [9.17, 15) is 4.79 Å². The van der Waals surface area contributed by atoms with Gasteiger partial charge < -0.3 is 4.42 Å². The zero-order valence-corrected chi connectivity index (χ0v) is 11.7. The quantitative estimate of drug-likeness (QED) is 0.747. The van der Waals surface area contributed by atoms with Crippen LogP contribution in [-0.4, -0.2) is 4.98 Å². The van der Waals surface area contributed by atoms with E-state index >= 15 is 0 Å². The van der Waals surface area contributed by atoms with E-state index in [-0.39, 0.29) is 4.83 Å². The Kier molecular flexibility index (Phi) is 3.25. The molecule has 19 heavy (non-hydrogen) atoms. The molecule has 0 saturated heterocycles. The van der Waals surface area contributed by atoms with Crippen molar-refractivity contribution in [3.05, 3.63) is 70.2 Å². The van der Waals surface area contributed by atoms with Crippen molar-refractivity contribution in [2.24, 2.45) is 0 Å². The van der Waals surface area contributed by atoms with Crippen LogP contribution in [0.4, 0.5) is 0 Å². The molecule has 0 bridgehead atoms. The standard InChI is InChI=1S/C15H12BrNO2/c16-12(8-10-4-2-1-3-5-10)11-6-7-13-14(9-11)19-15(18)17-13/h1-7,9,12H,8H2,(H,17,18). The van der Waals surface area contributed by atoms with Crippen molar-refractivity contribution in [1.82, 2.24) is 4.98 Å². The van der Waals surface area contributed by atoms with Crippen LogP contribution in [0, 0.1) is 0 Å². The Morgan fingerprint density at radius 2 is 1.95 bits per heavy atom. The number of H-pyrrole nitrogens is 1. The molecule has 1 aromatic heterocycles. The van der Waals surface area contributed by atoms with Crippen molar-refractivity contribution < 1.29 is 4.42 Å². The highest BCUT2D eigenvalue weighted by atomic mass is 79.9. The number of alkyl halides is 1. The summed E-state index contributed by atoms with van der Waals surface area (Å²) in [6.07, 6.45) is 0.890. The number of aromatic nitrogens is 1. The lowest BCUT2D eigenvalue weighted by Gasteiger charge is -2.10. The maximum Gasteiger partial charge on any atom is 0.417 e. The van der Waals surface area contributed by atoms with Gasteiger partial charge in [-0.1, -0.05) is 52.3 Å². The first kappa shape index (κ1) is 12.2. The van der Waals surface area contributed by atoms with Gasteiger partial charge >= 0.3 is 5.76 Å². The summed E-state index contributed by atoms with van der Waals surface area (Å²) in [5.41, 5.74) is 3.69. The number of rotatable bonds is 3. The van der Waals surface area contributed by atoms with Crippen LogP contribution in [0.5, 0.6) is 0 Å². The van der Waals surface area contributed by atoms with Crippen LogP contribution >= 0.6 is 15.9 Å². The lowest BCUT2D eigenvalue weighted by molar-refractivity contribution is 0.555. The van der Waals surface area contributed by atoms with E-state index in [1.54, 1.807) is 0 Å². The Balaban J connectivity index is 1.88. The minimum absolute atomic E-state index is 0.194. The molecule has 1 N–H and O–H groups in total. The fourth-order valence-electron chi connectivity index (χ4n) is 2.10. The summed E-state index contributed by atoms with van der Waals surface area (Å²) in [4.78, 5) is 14.0. The van der Waals surface area contributed by atoms with Crippen LogP contribution in [0.3, 0.4) is 0 Å². The minimum Gasteiger partial charge on any atom is -0.408 e. The molecule has 0 aliphatic rings. The van der Waals surface area contributed by atoms with Gasteiger partial charge in [-0.05, 0) is 29.7 Å². The highest BCUT2D eigenvalue weighted by Gasteiger charge is 2.10. The van der Waals surface area contributed by atoms with Crippen LogP contribution < -0.4 is 5.76 Å². The van der Waals surface area contributed by atoms with E-state index in [4.69, 9.17) is 4.42 Å². The van der Waals surface area contributed by atoms with Gasteiger partial charge in [0.05, 0.1) is 5.52 Å². The smallest absolute Gasteiger partial charge is 0.408 e. The number of benzene rings is 2. The summed E-state index contributed by atoms with van der Waals surface area (Å²) in [6.45, 7) is 0. The summed E-state index contributed by atoms with van der Waals surface area (Å²) in [7, 11) is 0. The predicted octanol–water partition coefficient (Wildman–Crippen LogP) is 3.80. The molecule has 0 spiro atoms. The summed E-state index contributed by atoms with van der Waals surface area (Å²) < 4.78 is 5.08. The van der Waals surface area contributed by atoms with Gasteiger partial charge in [0.2, 0.25) is 0 Å². The van der Waals surface area contributed by atoms with Crippen molar-refractivity contribution in [2.45, 2.75) is 11.2 Å². The number of fused-ring (bicyclic) bond motifs is 1. The molecule has 0 saturated carbocycles. The molecule has 0 fully saturated rings. The lowest BCUT2D eigenvalue weighted by Crippen LogP contribution is -1.95. The molecular formula is C15H12BrNO2. The SMILES string of the molecule is O=c1[nH]c2ccc(C(Br)Cc3ccccc3)cc2o1. The number of halogens is 1. The van der Waals surface area contributed by atoms with Gasteiger partial charge in [-0.15, -0.1) is 0 Å². The highest BCUT2D eigenvalue weighted by molar-refractivity contribution is 9.09. The van der Waals surface area contributed by atoms with E-state index in [0.29, 0.717) is 5.58 Å². The van der Waals surface area contributed by atoms with Gasteiger partial charge in [0, 0.05) is 4.83 Å². The van der Waals surface area contributed by atoms with E-state index < -0.39 is 5.76 Å². The number of oxazole rings is 1. The molecule has 4 heteroatoms. The number of hydrogen-bond donors (Lipinski definition) is 1. The fourth-order valence-corrected chi connectivity index (χ4v) is 2.75. The summed E-state index contributed by atoms with van der Waals surface area (Å²) >= 11 is 3.69. The molecule has 1 heterocycles. The molecule has 1 atom stereocenters. The van der Waals surface area contributed by atoms with Crippen molar-refractivity contribution in [3.8, 4) is 0 Å². The maximum atomic E-state index is 11.1. The van der Waals surface area contributed by atoms with Crippen LogP contribution in [-0.2, 0) is 6.42 Å². The Morgan fingerprint density at radius 1 is 1.16 bits per heavy atom. The van der Waals surface area contributed by atoms with Crippen LogP contribution in [0.25, 0.3) is 11.1 Å². The second-order valence-electron chi connectivity index (χ2n) is 4.43. The molecule has 96 valence electrons. The van der Waals surface area contributed by atoms with E-state index in [1.807, 2.05) is 36.4 Å². The first-order chi connectivity index (χ1) is 9.22. The van der Waals surface area contributed by atoms with Crippen LogP contribution in [0.15, 0.2) is 57.7 Å². The molecule has 3 rings (SSSR count). The number of hydrogen-bond acceptors (Lipinski definition) is 2. The third-order valence-corrected chi connectivity index (χ3v) is 3.92. The zero-order chi connectivity index (χ0) is 13.2. The van der Waals surface area contributed by atoms with Gasteiger partial charge in [-0.25, -0.2) is 4.79 Å². The lowest BCUT2D eigenvalue weighted by atomic mass is 10.0. The molecule has 1 unspecified atom stereocenters. The topological polar surface area (TPSA) is 46.0 Å². The molecule has 0 aliphatic carbocycles. The zero-order valence-electron chi connectivity index (χ0n) is 10.1. The molecule has 3 aromatic rings. The monoisotopic (exact) mass is 317 g/mol. The molecule has 0 aliphatic heterocycles. The van der Waals surface area contributed by atoms with Gasteiger partial charge in [-0.2, -0.15) is 0 Å². The van der Waals surface area contributed by atoms with Crippen molar-refractivity contribution >= 4 is 27.0 Å². The Morgan fingerprint density at radius 3 is 2.74 bits per heavy atom. The average molecular weight is 318 g/mol. The molecular weight excluding hydrogens is 306 g/mol. The molecule has 0 amide bonds. The Bertz CT molecular complexity index is 745. The van der Waals surface area contributed by atoms with Crippen LogP contribution in [0.2, 0.25) is 0 Å². The predicted molar refractivity (Wildman–Crippen MR) is 78.6 cm³/mol. The Labute approximate surface area is 118 Å². The summed E-state index contributed by atoms with van der Waals surface area (Å²) in [5.74, 6) is -0.415. The highest BCUT2D eigenvalue weighted by Crippen LogP contribution is 2.28. The largest absolute Gasteiger partial charge is 0.417 e. The van der Waals surface area contributed by atoms with Crippen molar-refractivity contribution in [3.63, 3.8) is 0 Å². The van der Waals surface area contributed by atoms with E-state index in [2.05, 4.69) is 33.0 Å². The van der Waals surface area contributed by atoms with Crippen LogP contribution in [0.1, 0.15) is 16.0 Å². The second kappa shape index (κ2) is 5.05. The van der Waals surface area contributed by atoms with E-state index in [0.717, 1.165) is 17.5 Å². The normalized spacial score (nSPS) is 12.7. The third-order valence-electron chi connectivity index (χ3n) is 3.06. The first-order valence-electron chi connectivity index (χ1n) is 6.03. The van der Waals surface area contributed by atoms with Gasteiger partial charge in [0.1, 0.15) is 0 Å². The average Bonchev–Trinajstić information content (AvgIpc) is 2.78. The Hall–Kier alpha value is -1.81. The molecule has 0 radical (unpaired) electrons. The third kappa shape index (κ3) is 2.63.